The predicted octanol–water partition coefficient (Wildman–Crippen LogP) is 1.99. The van der Waals surface area contributed by atoms with Gasteiger partial charge in [-0.2, -0.15) is 0 Å². The third-order valence-electron chi connectivity index (χ3n) is 2.00. The van der Waals surface area contributed by atoms with Crippen molar-refractivity contribution in [2.45, 2.75) is 18.3 Å². The normalized spacial score (nSPS) is 11.9. The fraction of sp³-hybridized carbons (Fsp3) is 0.300. The Morgan fingerprint density at radius 2 is 2.19 bits per heavy atom. The minimum absolute atomic E-state index is 0.0185. The molecular weight excluding hydrogens is 276 g/mol. The predicted molar refractivity (Wildman–Crippen MR) is 63.3 cm³/mol. The molecular formula is C10H11BrN2O3. The number of alkyl halides is 1. The van der Waals surface area contributed by atoms with Crippen LogP contribution in [0.5, 0.6) is 0 Å². The van der Waals surface area contributed by atoms with E-state index in [4.69, 9.17) is 0 Å². The Labute approximate surface area is 101 Å². The summed E-state index contributed by atoms with van der Waals surface area (Å²) in [6, 6.07) is 6.33. The molecule has 1 atom stereocenters. The SMILES string of the molecule is CC(Br)C(=O)NCc1ccccc1[N+](=O)[O-]. The molecule has 0 radical (unpaired) electrons. The number of rotatable bonds is 4. The first kappa shape index (κ1) is 12.6. The zero-order valence-corrected chi connectivity index (χ0v) is 10.2. The summed E-state index contributed by atoms with van der Waals surface area (Å²) in [5.41, 5.74) is 0.513. The monoisotopic (exact) mass is 286 g/mol. The highest BCUT2D eigenvalue weighted by atomic mass is 79.9. The van der Waals surface area contributed by atoms with Gasteiger partial charge in [0.05, 0.1) is 9.75 Å². The van der Waals surface area contributed by atoms with Crippen LogP contribution in [0.15, 0.2) is 24.3 Å². The number of nitrogens with zero attached hydrogens (tertiary/aromatic N) is 1. The molecule has 1 rings (SSSR count). The maximum atomic E-state index is 11.3. The number of carbonyl (C=O) groups excluding carboxylic acids is 1. The van der Waals surface area contributed by atoms with Crippen molar-refractivity contribution in [3.63, 3.8) is 0 Å². The van der Waals surface area contributed by atoms with E-state index < -0.39 is 4.92 Å². The van der Waals surface area contributed by atoms with Crippen LogP contribution in [-0.2, 0) is 11.3 Å². The van der Waals surface area contributed by atoms with Gasteiger partial charge in [-0.15, -0.1) is 0 Å². The van der Waals surface area contributed by atoms with Crippen LogP contribution in [0.25, 0.3) is 0 Å². The van der Waals surface area contributed by atoms with Crippen molar-refractivity contribution in [2.24, 2.45) is 0 Å². The van der Waals surface area contributed by atoms with Crippen LogP contribution in [-0.4, -0.2) is 15.7 Å². The second kappa shape index (κ2) is 5.60. The number of amides is 1. The number of benzene rings is 1. The van der Waals surface area contributed by atoms with E-state index in [9.17, 15) is 14.9 Å². The van der Waals surface area contributed by atoms with E-state index in [-0.39, 0.29) is 23.0 Å². The van der Waals surface area contributed by atoms with Crippen molar-refractivity contribution in [3.8, 4) is 0 Å². The molecule has 1 N–H and O–H groups in total. The van der Waals surface area contributed by atoms with E-state index in [2.05, 4.69) is 21.2 Å². The second-order valence-electron chi connectivity index (χ2n) is 3.22. The van der Waals surface area contributed by atoms with E-state index in [1.54, 1.807) is 25.1 Å². The molecule has 1 aromatic carbocycles. The second-order valence-corrected chi connectivity index (χ2v) is 4.59. The number of para-hydroxylation sites is 1. The molecule has 1 amide bonds. The average Bonchev–Trinajstić information content (AvgIpc) is 2.25. The van der Waals surface area contributed by atoms with E-state index in [0.717, 1.165) is 0 Å². The molecule has 0 aliphatic heterocycles. The van der Waals surface area contributed by atoms with Crippen molar-refractivity contribution in [1.29, 1.82) is 0 Å². The lowest BCUT2D eigenvalue weighted by atomic mass is 10.2. The summed E-state index contributed by atoms with van der Waals surface area (Å²) in [6.07, 6.45) is 0. The third kappa shape index (κ3) is 3.30. The van der Waals surface area contributed by atoms with Crippen LogP contribution in [0, 0.1) is 10.1 Å². The lowest BCUT2D eigenvalue weighted by Crippen LogP contribution is -2.29. The van der Waals surface area contributed by atoms with Crippen molar-refractivity contribution in [1.82, 2.24) is 5.32 Å². The highest BCUT2D eigenvalue weighted by molar-refractivity contribution is 9.10. The molecule has 0 bridgehead atoms. The summed E-state index contributed by atoms with van der Waals surface area (Å²) >= 11 is 3.11. The van der Waals surface area contributed by atoms with Crippen LogP contribution in [0.2, 0.25) is 0 Å². The maximum Gasteiger partial charge on any atom is 0.274 e. The Hall–Kier alpha value is -1.43. The standard InChI is InChI=1S/C10H11BrN2O3/c1-7(11)10(14)12-6-8-4-2-3-5-9(8)13(15)16/h2-5,7H,6H2,1H3,(H,12,14). The Kier molecular flexibility index (Phi) is 4.42. The number of nitro groups is 1. The minimum atomic E-state index is -0.459. The Morgan fingerprint density at radius 3 is 2.75 bits per heavy atom. The maximum absolute atomic E-state index is 11.3. The van der Waals surface area contributed by atoms with Crippen LogP contribution in [0.4, 0.5) is 5.69 Å². The van der Waals surface area contributed by atoms with Gasteiger partial charge in [0.1, 0.15) is 0 Å². The first-order valence-electron chi connectivity index (χ1n) is 4.66. The van der Waals surface area contributed by atoms with Crippen molar-refractivity contribution in [3.05, 3.63) is 39.9 Å². The van der Waals surface area contributed by atoms with Crippen molar-refractivity contribution >= 4 is 27.5 Å². The first-order valence-corrected chi connectivity index (χ1v) is 5.58. The molecule has 0 aromatic heterocycles. The fourth-order valence-corrected chi connectivity index (χ4v) is 1.32. The zero-order chi connectivity index (χ0) is 12.1. The number of hydrogen-bond donors (Lipinski definition) is 1. The summed E-state index contributed by atoms with van der Waals surface area (Å²) in [5.74, 6) is -0.196. The highest BCUT2D eigenvalue weighted by Crippen LogP contribution is 2.17. The van der Waals surface area contributed by atoms with Gasteiger partial charge in [-0.25, -0.2) is 0 Å². The molecule has 0 fully saturated rings. The molecule has 16 heavy (non-hydrogen) atoms. The largest absolute Gasteiger partial charge is 0.351 e. The van der Waals surface area contributed by atoms with Crippen LogP contribution in [0.3, 0.4) is 0 Å². The van der Waals surface area contributed by atoms with Crippen LogP contribution >= 0.6 is 15.9 Å². The Balaban J connectivity index is 2.74. The lowest BCUT2D eigenvalue weighted by Gasteiger charge is -2.06. The van der Waals surface area contributed by atoms with Crippen LogP contribution < -0.4 is 5.32 Å². The quantitative estimate of drug-likeness (QED) is 0.523. The molecule has 0 aliphatic carbocycles. The molecule has 0 saturated heterocycles. The van der Waals surface area contributed by atoms with Gasteiger partial charge in [0.15, 0.2) is 0 Å². The topological polar surface area (TPSA) is 72.2 Å². The summed E-state index contributed by atoms with van der Waals surface area (Å²) in [7, 11) is 0. The van der Waals surface area contributed by atoms with E-state index in [0.29, 0.717) is 5.56 Å². The van der Waals surface area contributed by atoms with E-state index in [1.807, 2.05) is 0 Å². The molecule has 1 aromatic rings. The van der Waals surface area contributed by atoms with Gasteiger partial charge in [0.25, 0.3) is 5.69 Å². The van der Waals surface area contributed by atoms with Gasteiger partial charge >= 0.3 is 0 Å². The van der Waals surface area contributed by atoms with Gasteiger partial charge in [-0.3, -0.25) is 14.9 Å². The molecule has 0 saturated carbocycles. The van der Waals surface area contributed by atoms with Crippen LogP contribution in [0.1, 0.15) is 12.5 Å². The summed E-state index contributed by atoms with van der Waals surface area (Å²) < 4.78 is 0. The van der Waals surface area contributed by atoms with E-state index in [1.165, 1.54) is 6.07 Å². The molecule has 1 unspecified atom stereocenters. The van der Waals surface area contributed by atoms with Crippen molar-refractivity contribution < 1.29 is 9.72 Å². The highest BCUT2D eigenvalue weighted by Gasteiger charge is 2.14. The lowest BCUT2D eigenvalue weighted by molar-refractivity contribution is -0.385. The van der Waals surface area contributed by atoms with E-state index >= 15 is 0 Å². The summed E-state index contributed by atoms with van der Waals surface area (Å²) in [4.78, 5) is 21.2. The van der Waals surface area contributed by atoms with Gasteiger partial charge in [0, 0.05) is 18.2 Å². The fourth-order valence-electron chi connectivity index (χ4n) is 1.16. The van der Waals surface area contributed by atoms with Crippen molar-refractivity contribution in [2.75, 3.05) is 0 Å². The van der Waals surface area contributed by atoms with Gasteiger partial charge < -0.3 is 5.32 Å². The first-order chi connectivity index (χ1) is 7.52. The summed E-state index contributed by atoms with van der Waals surface area (Å²) in [6.45, 7) is 1.85. The zero-order valence-electron chi connectivity index (χ0n) is 8.64. The number of nitro benzene ring substituents is 1. The number of carbonyl (C=O) groups is 1. The minimum Gasteiger partial charge on any atom is -0.351 e. The number of nitrogens with one attached hydrogen (secondary N) is 1. The summed E-state index contributed by atoms with van der Waals surface area (Å²) in [5, 5.41) is 13.3. The Bertz CT molecular complexity index is 407. The Morgan fingerprint density at radius 1 is 1.56 bits per heavy atom. The molecule has 0 aliphatic rings. The smallest absolute Gasteiger partial charge is 0.274 e. The molecule has 5 nitrogen and oxygen atoms in total. The molecule has 6 heteroatoms. The van der Waals surface area contributed by atoms with Gasteiger partial charge in [0.2, 0.25) is 5.91 Å². The number of hydrogen-bond acceptors (Lipinski definition) is 3. The molecule has 86 valence electrons. The molecule has 0 spiro atoms. The van der Waals surface area contributed by atoms with Gasteiger partial charge in [-0.1, -0.05) is 34.1 Å². The van der Waals surface area contributed by atoms with Gasteiger partial charge in [-0.05, 0) is 6.92 Å². The average molecular weight is 287 g/mol. The molecule has 0 heterocycles. The third-order valence-corrected chi connectivity index (χ3v) is 2.42. The number of halogens is 1.